The highest BCUT2D eigenvalue weighted by molar-refractivity contribution is 5.87. The molecule has 0 aliphatic carbocycles. The van der Waals surface area contributed by atoms with E-state index in [1.807, 2.05) is 37.3 Å². The lowest BCUT2D eigenvalue weighted by atomic mass is 10.2. The second kappa shape index (κ2) is 6.02. The molecule has 0 unspecified atom stereocenters. The van der Waals surface area contributed by atoms with Crippen molar-refractivity contribution in [3.05, 3.63) is 47.5 Å². The average Bonchev–Trinajstić information content (AvgIpc) is 2.29. The fourth-order valence-electron chi connectivity index (χ4n) is 1.14. The van der Waals surface area contributed by atoms with Crippen molar-refractivity contribution in [1.82, 2.24) is 0 Å². The Morgan fingerprint density at radius 1 is 1.33 bits per heavy atom. The number of carbonyl (C=O) groups excluding carboxylic acids is 1. The topological polar surface area (TPSA) is 26.3 Å². The number of hydrogen-bond acceptors (Lipinski definition) is 2. The largest absolute Gasteiger partial charge is 0.462 e. The van der Waals surface area contributed by atoms with Gasteiger partial charge in [-0.25, -0.2) is 4.79 Å². The molecule has 1 aromatic rings. The first-order valence-corrected chi connectivity index (χ1v) is 5.08. The molecule has 0 heterocycles. The van der Waals surface area contributed by atoms with Crippen LogP contribution in [0, 0.1) is 0 Å². The molecular weight excluding hydrogens is 188 g/mol. The second-order valence-corrected chi connectivity index (χ2v) is 3.34. The van der Waals surface area contributed by atoms with Gasteiger partial charge in [-0.2, -0.15) is 0 Å². The zero-order chi connectivity index (χ0) is 11.1. The minimum absolute atomic E-state index is 0.228. The minimum atomic E-state index is -0.228. The van der Waals surface area contributed by atoms with Crippen molar-refractivity contribution >= 4 is 5.97 Å². The number of hydrogen-bond donors (Lipinski definition) is 0. The third-order valence-corrected chi connectivity index (χ3v) is 2.22. The van der Waals surface area contributed by atoms with Crippen molar-refractivity contribution < 1.29 is 9.53 Å². The lowest BCUT2D eigenvalue weighted by Gasteiger charge is -2.04. The highest BCUT2D eigenvalue weighted by Crippen LogP contribution is 2.01. The van der Waals surface area contributed by atoms with Gasteiger partial charge in [-0.3, -0.25) is 0 Å². The van der Waals surface area contributed by atoms with Gasteiger partial charge in [0, 0.05) is 12.0 Å². The van der Waals surface area contributed by atoms with Gasteiger partial charge in [-0.1, -0.05) is 36.4 Å². The van der Waals surface area contributed by atoms with Crippen LogP contribution in [0.3, 0.4) is 0 Å². The summed E-state index contributed by atoms with van der Waals surface area (Å²) in [6, 6.07) is 9.98. The normalized spacial score (nSPS) is 11.2. The lowest BCUT2D eigenvalue weighted by Crippen LogP contribution is -2.08. The molecular formula is C13H16O2. The van der Waals surface area contributed by atoms with E-state index in [4.69, 9.17) is 4.74 Å². The van der Waals surface area contributed by atoms with Gasteiger partial charge in [0.1, 0.15) is 0 Å². The van der Waals surface area contributed by atoms with Crippen molar-refractivity contribution in [3.63, 3.8) is 0 Å². The van der Waals surface area contributed by atoms with Crippen LogP contribution in [0.4, 0.5) is 0 Å². The lowest BCUT2D eigenvalue weighted by molar-refractivity contribution is -0.138. The molecule has 1 aromatic carbocycles. The summed E-state index contributed by atoms with van der Waals surface area (Å²) in [7, 11) is 0. The van der Waals surface area contributed by atoms with Gasteiger partial charge in [0.25, 0.3) is 0 Å². The van der Waals surface area contributed by atoms with Crippen molar-refractivity contribution in [1.29, 1.82) is 0 Å². The summed E-state index contributed by atoms with van der Waals surface area (Å²) < 4.78 is 5.09. The zero-order valence-corrected chi connectivity index (χ0v) is 9.19. The summed E-state index contributed by atoms with van der Waals surface area (Å²) >= 11 is 0. The van der Waals surface area contributed by atoms with E-state index in [0.29, 0.717) is 12.2 Å². The van der Waals surface area contributed by atoms with Gasteiger partial charge < -0.3 is 4.74 Å². The van der Waals surface area contributed by atoms with Crippen molar-refractivity contribution in [3.8, 4) is 0 Å². The maximum absolute atomic E-state index is 11.3. The molecule has 0 N–H and O–H groups in total. The fraction of sp³-hybridized carbons (Fsp3) is 0.308. The summed E-state index contributed by atoms with van der Waals surface area (Å²) in [6.07, 6.45) is 2.52. The molecule has 0 saturated carbocycles. The summed E-state index contributed by atoms with van der Waals surface area (Å²) in [6.45, 7) is 4.02. The molecule has 0 spiro atoms. The third-order valence-electron chi connectivity index (χ3n) is 2.22. The number of rotatable bonds is 4. The Balaban J connectivity index is 2.31. The number of benzene rings is 1. The van der Waals surface area contributed by atoms with E-state index in [0.717, 1.165) is 6.42 Å². The van der Waals surface area contributed by atoms with E-state index in [2.05, 4.69) is 0 Å². The fourth-order valence-corrected chi connectivity index (χ4v) is 1.14. The standard InChI is InChI=1S/C13H16O2/c1-3-11(2)13(14)15-10-9-12-7-5-4-6-8-12/h3-8H,9-10H2,1-2H3. The molecule has 2 nitrogen and oxygen atoms in total. The van der Waals surface area contributed by atoms with E-state index in [-0.39, 0.29) is 5.97 Å². The van der Waals surface area contributed by atoms with Crippen LogP contribution in [-0.2, 0) is 16.0 Å². The smallest absolute Gasteiger partial charge is 0.333 e. The Labute approximate surface area is 90.6 Å². The van der Waals surface area contributed by atoms with Crippen molar-refractivity contribution in [2.45, 2.75) is 20.3 Å². The second-order valence-electron chi connectivity index (χ2n) is 3.34. The predicted molar refractivity (Wildman–Crippen MR) is 60.5 cm³/mol. The summed E-state index contributed by atoms with van der Waals surface area (Å²) in [5.41, 5.74) is 1.84. The van der Waals surface area contributed by atoms with Crippen LogP contribution in [-0.4, -0.2) is 12.6 Å². The van der Waals surface area contributed by atoms with Crippen LogP contribution in [0.25, 0.3) is 0 Å². The van der Waals surface area contributed by atoms with E-state index < -0.39 is 0 Å². The highest BCUT2D eigenvalue weighted by atomic mass is 16.5. The van der Waals surface area contributed by atoms with Crippen LogP contribution < -0.4 is 0 Å². The third kappa shape index (κ3) is 3.98. The van der Waals surface area contributed by atoms with Crippen LogP contribution in [0.1, 0.15) is 19.4 Å². The quantitative estimate of drug-likeness (QED) is 0.557. The Morgan fingerprint density at radius 3 is 2.60 bits per heavy atom. The minimum Gasteiger partial charge on any atom is -0.462 e. The zero-order valence-electron chi connectivity index (χ0n) is 9.19. The Kier molecular flexibility index (Phi) is 4.61. The molecule has 0 atom stereocenters. The van der Waals surface area contributed by atoms with E-state index in [1.54, 1.807) is 13.0 Å². The highest BCUT2D eigenvalue weighted by Gasteiger charge is 2.03. The molecule has 0 aromatic heterocycles. The molecule has 0 amide bonds. The van der Waals surface area contributed by atoms with Crippen molar-refractivity contribution in [2.24, 2.45) is 0 Å². The van der Waals surface area contributed by atoms with Gasteiger partial charge in [0.2, 0.25) is 0 Å². The summed E-state index contributed by atoms with van der Waals surface area (Å²) in [4.78, 5) is 11.3. The summed E-state index contributed by atoms with van der Waals surface area (Å²) in [5, 5.41) is 0. The molecule has 0 radical (unpaired) electrons. The molecule has 0 aliphatic rings. The number of allylic oxidation sites excluding steroid dienone is 1. The first-order chi connectivity index (χ1) is 7.24. The van der Waals surface area contributed by atoms with E-state index in [9.17, 15) is 4.79 Å². The monoisotopic (exact) mass is 204 g/mol. The van der Waals surface area contributed by atoms with Gasteiger partial charge in [0.05, 0.1) is 6.61 Å². The first-order valence-electron chi connectivity index (χ1n) is 5.08. The van der Waals surface area contributed by atoms with Crippen LogP contribution >= 0.6 is 0 Å². The molecule has 1 rings (SSSR count). The van der Waals surface area contributed by atoms with Gasteiger partial charge >= 0.3 is 5.97 Å². The maximum Gasteiger partial charge on any atom is 0.333 e. The van der Waals surface area contributed by atoms with Crippen LogP contribution in [0.2, 0.25) is 0 Å². The van der Waals surface area contributed by atoms with E-state index >= 15 is 0 Å². The Hall–Kier alpha value is -1.57. The molecule has 0 saturated heterocycles. The van der Waals surface area contributed by atoms with Gasteiger partial charge in [-0.05, 0) is 19.4 Å². The molecule has 15 heavy (non-hydrogen) atoms. The average molecular weight is 204 g/mol. The number of carbonyl (C=O) groups is 1. The number of ether oxygens (including phenoxy) is 1. The summed E-state index contributed by atoms with van der Waals surface area (Å²) in [5.74, 6) is -0.228. The molecule has 0 bridgehead atoms. The number of esters is 1. The Bertz CT molecular complexity index is 339. The Morgan fingerprint density at radius 2 is 2.00 bits per heavy atom. The SMILES string of the molecule is CC=C(C)C(=O)OCCc1ccccc1. The van der Waals surface area contributed by atoms with Crippen molar-refractivity contribution in [2.75, 3.05) is 6.61 Å². The molecule has 80 valence electrons. The predicted octanol–water partition coefficient (Wildman–Crippen LogP) is 2.74. The molecule has 0 aliphatic heterocycles. The molecule has 0 fully saturated rings. The van der Waals surface area contributed by atoms with Crippen LogP contribution in [0.5, 0.6) is 0 Å². The maximum atomic E-state index is 11.3. The first kappa shape index (κ1) is 11.5. The van der Waals surface area contributed by atoms with E-state index in [1.165, 1.54) is 5.56 Å². The molecule has 2 heteroatoms. The van der Waals surface area contributed by atoms with Gasteiger partial charge in [-0.15, -0.1) is 0 Å². The van der Waals surface area contributed by atoms with Crippen LogP contribution in [0.15, 0.2) is 42.0 Å². The van der Waals surface area contributed by atoms with Gasteiger partial charge in [0.15, 0.2) is 0 Å².